The van der Waals surface area contributed by atoms with Crippen LogP contribution in [0.15, 0.2) is 35.8 Å². The fourth-order valence-electron chi connectivity index (χ4n) is 4.51. The fraction of sp³-hybridized carbons (Fsp3) is 0.550. The van der Waals surface area contributed by atoms with Crippen LogP contribution in [0, 0.1) is 6.92 Å². The van der Waals surface area contributed by atoms with E-state index in [0.717, 1.165) is 51.3 Å². The molecular weight excluding hydrogens is 330 g/mol. The molecule has 0 unspecified atom stereocenters. The summed E-state index contributed by atoms with van der Waals surface area (Å²) in [5, 5.41) is 11.1. The Morgan fingerprint density at radius 2 is 2.04 bits per heavy atom. The normalized spacial score (nSPS) is 28.0. The van der Waals surface area contributed by atoms with Gasteiger partial charge in [-0.2, -0.15) is 0 Å². The Kier molecular flexibility index (Phi) is 4.91. The lowest BCUT2D eigenvalue weighted by atomic mass is 9.82. The molecule has 2 aromatic rings. The van der Waals surface area contributed by atoms with Crippen LogP contribution in [0.2, 0.25) is 0 Å². The molecule has 1 aromatic heterocycles. The Morgan fingerprint density at radius 1 is 1.20 bits per heavy atom. The molecule has 0 saturated carbocycles. The topological polar surface area (TPSA) is 39.6 Å². The molecule has 2 saturated heterocycles. The minimum Gasteiger partial charge on any atom is -0.390 e. The van der Waals surface area contributed by atoms with E-state index in [9.17, 15) is 5.11 Å². The van der Waals surface area contributed by atoms with E-state index in [2.05, 4.69) is 52.0 Å². The SMILES string of the molecule is Cc1ncsc1CN1CC[C@@]2(CCCN2Cc2ccccc2)[C@@H](O)C1. The molecule has 3 heterocycles. The maximum absolute atomic E-state index is 11.1. The van der Waals surface area contributed by atoms with Gasteiger partial charge in [-0.1, -0.05) is 30.3 Å². The van der Waals surface area contributed by atoms with E-state index >= 15 is 0 Å². The van der Waals surface area contributed by atoms with Crippen LogP contribution in [-0.2, 0) is 13.1 Å². The number of thiazole rings is 1. The van der Waals surface area contributed by atoms with E-state index in [0.29, 0.717) is 0 Å². The van der Waals surface area contributed by atoms with Gasteiger partial charge >= 0.3 is 0 Å². The second-order valence-electron chi connectivity index (χ2n) is 7.48. The van der Waals surface area contributed by atoms with E-state index in [-0.39, 0.29) is 11.6 Å². The van der Waals surface area contributed by atoms with Gasteiger partial charge in [0.2, 0.25) is 0 Å². The molecule has 5 heteroatoms. The molecule has 2 fully saturated rings. The minimum atomic E-state index is -0.277. The quantitative estimate of drug-likeness (QED) is 0.913. The van der Waals surface area contributed by atoms with Crippen molar-refractivity contribution in [2.24, 2.45) is 0 Å². The van der Waals surface area contributed by atoms with Crippen LogP contribution in [-0.4, -0.2) is 51.2 Å². The highest BCUT2D eigenvalue weighted by Crippen LogP contribution is 2.40. The summed E-state index contributed by atoms with van der Waals surface area (Å²) in [5.74, 6) is 0. The molecule has 1 aromatic carbocycles. The zero-order valence-electron chi connectivity index (χ0n) is 14.9. The summed E-state index contributed by atoms with van der Waals surface area (Å²) in [4.78, 5) is 10.6. The Labute approximate surface area is 154 Å². The average Bonchev–Trinajstić information content (AvgIpc) is 3.20. The molecule has 4 nitrogen and oxygen atoms in total. The number of β-amino-alcohol motifs (C(OH)–C–C–N with tert-alkyl or cyclic N) is 1. The van der Waals surface area contributed by atoms with Gasteiger partial charge in [0.1, 0.15) is 0 Å². The molecule has 2 atom stereocenters. The third kappa shape index (κ3) is 3.38. The van der Waals surface area contributed by atoms with Crippen LogP contribution < -0.4 is 0 Å². The standard InChI is InChI=1S/C20H27N3OS/c1-16-18(25-15-21-16)13-22-11-9-20(19(24)14-22)8-5-10-23(20)12-17-6-3-2-4-7-17/h2-4,6-7,15,19,24H,5,8-14H2,1H3/t19-,20-/m0/s1. The summed E-state index contributed by atoms with van der Waals surface area (Å²) in [7, 11) is 0. The molecule has 25 heavy (non-hydrogen) atoms. The van der Waals surface area contributed by atoms with Gasteiger partial charge in [0.25, 0.3) is 0 Å². The number of aliphatic hydroxyl groups excluding tert-OH is 1. The number of aryl methyl sites for hydroxylation is 1. The first-order valence-corrected chi connectivity index (χ1v) is 10.1. The monoisotopic (exact) mass is 357 g/mol. The minimum absolute atomic E-state index is 0.0327. The van der Waals surface area contributed by atoms with Crippen molar-refractivity contribution in [1.82, 2.24) is 14.8 Å². The highest BCUT2D eigenvalue weighted by atomic mass is 32.1. The average molecular weight is 358 g/mol. The summed E-state index contributed by atoms with van der Waals surface area (Å²) < 4.78 is 0. The van der Waals surface area contributed by atoms with Crippen molar-refractivity contribution in [3.63, 3.8) is 0 Å². The number of likely N-dealkylation sites (tertiary alicyclic amines) is 2. The van der Waals surface area contributed by atoms with Crippen LogP contribution in [0.5, 0.6) is 0 Å². The Bertz CT molecular complexity index is 704. The van der Waals surface area contributed by atoms with Crippen LogP contribution in [0.4, 0.5) is 0 Å². The molecule has 134 valence electrons. The molecule has 2 aliphatic rings. The summed E-state index contributed by atoms with van der Waals surface area (Å²) >= 11 is 1.73. The molecule has 0 aliphatic carbocycles. The van der Waals surface area contributed by atoms with Crippen molar-refractivity contribution in [3.8, 4) is 0 Å². The lowest BCUT2D eigenvalue weighted by Gasteiger charge is -2.48. The smallest absolute Gasteiger partial charge is 0.0851 e. The molecule has 2 aliphatic heterocycles. The van der Waals surface area contributed by atoms with Gasteiger partial charge in [0.05, 0.1) is 17.3 Å². The lowest BCUT2D eigenvalue weighted by Crippen LogP contribution is -2.61. The van der Waals surface area contributed by atoms with Crippen molar-refractivity contribution in [3.05, 3.63) is 52.0 Å². The highest BCUT2D eigenvalue weighted by Gasteiger charge is 2.49. The number of aliphatic hydroxyl groups is 1. The Balaban J connectivity index is 1.44. The molecule has 1 N–H and O–H groups in total. The first-order valence-electron chi connectivity index (χ1n) is 9.26. The van der Waals surface area contributed by atoms with Gasteiger partial charge in [-0.25, -0.2) is 4.98 Å². The van der Waals surface area contributed by atoms with Gasteiger partial charge in [0.15, 0.2) is 0 Å². The van der Waals surface area contributed by atoms with E-state index in [1.807, 2.05) is 5.51 Å². The number of hydrogen-bond donors (Lipinski definition) is 1. The number of rotatable bonds is 4. The van der Waals surface area contributed by atoms with E-state index in [4.69, 9.17) is 0 Å². The van der Waals surface area contributed by atoms with Crippen LogP contribution >= 0.6 is 11.3 Å². The van der Waals surface area contributed by atoms with Gasteiger partial charge in [-0.3, -0.25) is 9.80 Å². The van der Waals surface area contributed by atoms with Crippen molar-refractivity contribution in [1.29, 1.82) is 0 Å². The Hall–Kier alpha value is -1.27. The zero-order valence-corrected chi connectivity index (χ0v) is 15.7. The summed E-state index contributed by atoms with van der Waals surface area (Å²) in [6, 6.07) is 10.7. The van der Waals surface area contributed by atoms with Gasteiger partial charge in [-0.05, 0) is 38.3 Å². The number of piperidine rings is 1. The molecule has 1 spiro atoms. The lowest BCUT2D eigenvalue weighted by molar-refractivity contribution is -0.0682. The van der Waals surface area contributed by atoms with Crippen molar-refractivity contribution >= 4 is 11.3 Å². The third-order valence-electron chi connectivity index (χ3n) is 6.01. The number of hydrogen-bond acceptors (Lipinski definition) is 5. The Morgan fingerprint density at radius 3 is 2.76 bits per heavy atom. The molecular formula is C20H27N3OS. The first-order chi connectivity index (χ1) is 12.2. The third-order valence-corrected chi connectivity index (χ3v) is 6.93. The molecule has 0 radical (unpaired) electrons. The van der Waals surface area contributed by atoms with E-state index < -0.39 is 0 Å². The molecule has 0 amide bonds. The van der Waals surface area contributed by atoms with Gasteiger partial charge < -0.3 is 5.11 Å². The first kappa shape index (κ1) is 17.2. The van der Waals surface area contributed by atoms with Crippen LogP contribution in [0.3, 0.4) is 0 Å². The molecule has 4 rings (SSSR count). The highest BCUT2D eigenvalue weighted by molar-refractivity contribution is 7.09. The largest absolute Gasteiger partial charge is 0.390 e. The van der Waals surface area contributed by atoms with Crippen molar-refractivity contribution in [2.75, 3.05) is 19.6 Å². The zero-order chi connectivity index (χ0) is 17.3. The summed E-state index contributed by atoms with van der Waals surface area (Å²) in [6.07, 6.45) is 3.09. The summed E-state index contributed by atoms with van der Waals surface area (Å²) in [5.41, 5.74) is 4.37. The maximum Gasteiger partial charge on any atom is 0.0851 e. The maximum atomic E-state index is 11.1. The van der Waals surface area contributed by atoms with E-state index in [1.54, 1.807) is 11.3 Å². The number of aromatic nitrogens is 1. The number of benzene rings is 1. The fourth-order valence-corrected chi connectivity index (χ4v) is 5.32. The predicted octanol–water partition coefficient (Wildman–Crippen LogP) is 3.05. The van der Waals surface area contributed by atoms with Gasteiger partial charge in [-0.15, -0.1) is 11.3 Å². The van der Waals surface area contributed by atoms with Crippen LogP contribution in [0.25, 0.3) is 0 Å². The van der Waals surface area contributed by atoms with Crippen molar-refractivity contribution in [2.45, 2.75) is 50.9 Å². The van der Waals surface area contributed by atoms with Crippen molar-refractivity contribution < 1.29 is 5.11 Å². The molecule has 0 bridgehead atoms. The van der Waals surface area contributed by atoms with E-state index in [1.165, 1.54) is 16.9 Å². The second kappa shape index (κ2) is 7.16. The van der Waals surface area contributed by atoms with Crippen LogP contribution in [0.1, 0.15) is 35.4 Å². The number of nitrogens with zero attached hydrogens (tertiary/aromatic N) is 3. The summed E-state index contributed by atoms with van der Waals surface area (Å²) in [6.45, 7) is 6.86. The second-order valence-corrected chi connectivity index (χ2v) is 8.42. The van der Waals surface area contributed by atoms with Gasteiger partial charge in [0, 0.05) is 36.6 Å². The predicted molar refractivity (Wildman–Crippen MR) is 102 cm³/mol.